The number of rotatable bonds is 24. The number of esters is 1. The van der Waals surface area contributed by atoms with E-state index in [1.807, 2.05) is 24.3 Å². The number of carbonyl (C=O) groups excluding carboxylic acids is 2. The van der Waals surface area contributed by atoms with E-state index < -0.39 is 23.6 Å². The number of ether oxygens (including phenoxy) is 8. The lowest BCUT2D eigenvalue weighted by Gasteiger charge is -2.23. The van der Waals surface area contributed by atoms with Gasteiger partial charge in [0.25, 0.3) is 0 Å². The summed E-state index contributed by atoms with van der Waals surface area (Å²) >= 11 is 0. The second kappa shape index (κ2) is 21.4. The van der Waals surface area contributed by atoms with Gasteiger partial charge < -0.3 is 47.9 Å². The molecule has 0 saturated carbocycles. The van der Waals surface area contributed by atoms with Crippen LogP contribution in [0.4, 0.5) is 4.79 Å². The van der Waals surface area contributed by atoms with Crippen molar-refractivity contribution in [2.75, 3.05) is 99.0 Å². The normalized spacial score (nSPS) is 12.4. The van der Waals surface area contributed by atoms with Gasteiger partial charge >= 0.3 is 18.0 Å². The molecule has 0 aliphatic heterocycles. The first-order valence-corrected chi connectivity index (χ1v) is 16.2. The highest BCUT2D eigenvalue weighted by atomic mass is 16.6. The van der Waals surface area contributed by atoms with Gasteiger partial charge in [-0.05, 0) is 43.0 Å². The number of fused-ring (bicyclic) bond motifs is 3. The molecule has 48 heavy (non-hydrogen) atoms. The van der Waals surface area contributed by atoms with Crippen molar-refractivity contribution >= 4 is 18.0 Å². The average Bonchev–Trinajstić information content (AvgIpc) is 3.36. The second-order valence-electron chi connectivity index (χ2n) is 11.8. The number of benzene rings is 2. The molecule has 13 nitrogen and oxygen atoms in total. The molecule has 0 atom stereocenters. The van der Waals surface area contributed by atoms with Gasteiger partial charge in [-0.2, -0.15) is 0 Å². The van der Waals surface area contributed by atoms with Crippen LogP contribution in [-0.2, 0) is 47.5 Å². The number of amides is 1. The van der Waals surface area contributed by atoms with Crippen LogP contribution in [0.15, 0.2) is 48.5 Å². The van der Waals surface area contributed by atoms with Crippen LogP contribution in [0.5, 0.6) is 0 Å². The summed E-state index contributed by atoms with van der Waals surface area (Å²) in [5, 5.41) is 8.58. The number of aliphatic carboxylic acids is 1. The lowest BCUT2D eigenvalue weighted by Crippen LogP contribution is -2.38. The zero-order valence-corrected chi connectivity index (χ0v) is 28.2. The summed E-state index contributed by atoms with van der Waals surface area (Å²) in [5.41, 5.74) is 4.02. The van der Waals surface area contributed by atoms with E-state index in [-0.39, 0.29) is 71.9 Å². The molecule has 266 valence electrons. The van der Waals surface area contributed by atoms with E-state index in [1.54, 1.807) is 25.7 Å². The summed E-state index contributed by atoms with van der Waals surface area (Å²) in [6, 6.07) is 16.3. The van der Waals surface area contributed by atoms with Crippen molar-refractivity contribution in [1.82, 2.24) is 4.90 Å². The lowest BCUT2D eigenvalue weighted by molar-refractivity contribution is -0.160. The smallest absolute Gasteiger partial charge is 0.409 e. The monoisotopic (exact) mass is 675 g/mol. The first-order valence-electron chi connectivity index (χ1n) is 16.2. The van der Waals surface area contributed by atoms with Crippen LogP contribution in [0.3, 0.4) is 0 Å². The number of carboxylic acid groups (broad SMARTS) is 1. The Balaban J connectivity index is 1.38. The van der Waals surface area contributed by atoms with Crippen molar-refractivity contribution in [2.24, 2.45) is 0 Å². The molecule has 0 unspecified atom stereocenters. The molecular weight excluding hydrogens is 626 g/mol. The fourth-order valence-corrected chi connectivity index (χ4v) is 4.89. The van der Waals surface area contributed by atoms with E-state index in [0.29, 0.717) is 33.0 Å². The fourth-order valence-electron chi connectivity index (χ4n) is 4.89. The molecule has 0 heterocycles. The van der Waals surface area contributed by atoms with Crippen LogP contribution in [0.2, 0.25) is 0 Å². The Kier molecular flexibility index (Phi) is 17.3. The minimum atomic E-state index is -1.03. The standard InChI is InChI=1S/C35H49NO12/c1-35(2,3)48-33(39)26-46-23-21-44-19-17-42-15-13-36(12-14-41-16-18-43-20-22-45-25-32(37)38)34(40)47-24-31-29-10-6-4-8-27(29)28-9-5-7-11-30(28)31/h4-11,31H,12-26H2,1-3H3,(H,37,38). The fraction of sp³-hybridized carbons (Fsp3) is 0.571. The van der Waals surface area contributed by atoms with E-state index in [0.717, 1.165) is 22.3 Å². The Bertz CT molecular complexity index is 1220. The molecule has 2 aromatic carbocycles. The highest BCUT2D eigenvalue weighted by Gasteiger charge is 2.29. The minimum Gasteiger partial charge on any atom is -0.480 e. The number of nitrogens with zero attached hydrogens (tertiary/aromatic N) is 1. The van der Waals surface area contributed by atoms with Gasteiger partial charge in [-0.15, -0.1) is 0 Å². The van der Waals surface area contributed by atoms with E-state index in [2.05, 4.69) is 24.3 Å². The third kappa shape index (κ3) is 14.7. The van der Waals surface area contributed by atoms with Crippen molar-refractivity contribution in [3.63, 3.8) is 0 Å². The molecule has 0 fully saturated rings. The number of hydrogen-bond acceptors (Lipinski definition) is 11. The molecule has 1 amide bonds. The van der Waals surface area contributed by atoms with E-state index in [1.165, 1.54) is 0 Å². The quantitative estimate of drug-likeness (QED) is 0.128. The third-order valence-corrected chi connectivity index (χ3v) is 6.96. The molecule has 1 N–H and O–H groups in total. The molecular formula is C35H49NO12. The Hall–Kier alpha value is -3.59. The SMILES string of the molecule is CC(C)(C)OC(=O)COCCOCCOCCN(CCOCCOCCOCC(=O)O)C(=O)OCC1c2ccccc2-c2ccccc21. The van der Waals surface area contributed by atoms with Crippen LogP contribution in [0, 0.1) is 0 Å². The van der Waals surface area contributed by atoms with Gasteiger partial charge in [0.1, 0.15) is 25.4 Å². The van der Waals surface area contributed by atoms with Crippen molar-refractivity contribution in [3.05, 3.63) is 59.7 Å². The number of carboxylic acids is 1. The first kappa shape index (κ1) is 38.9. The van der Waals surface area contributed by atoms with Crippen molar-refractivity contribution in [3.8, 4) is 11.1 Å². The summed E-state index contributed by atoms with van der Waals surface area (Å²) in [4.78, 5) is 37.0. The average molecular weight is 676 g/mol. The van der Waals surface area contributed by atoms with Crippen LogP contribution in [0.25, 0.3) is 11.1 Å². The predicted molar refractivity (Wildman–Crippen MR) is 175 cm³/mol. The van der Waals surface area contributed by atoms with E-state index >= 15 is 0 Å². The summed E-state index contributed by atoms with van der Waals surface area (Å²) < 4.78 is 43.4. The van der Waals surface area contributed by atoms with Gasteiger partial charge in [-0.1, -0.05) is 48.5 Å². The zero-order chi connectivity index (χ0) is 34.6. The van der Waals surface area contributed by atoms with Crippen LogP contribution >= 0.6 is 0 Å². The predicted octanol–water partition coefficient (Wildman–Crippen LogP) is 3.76. The minimum absolute atomic E-state index is 0.0578. The van der Waals surface area contributed by atoms with Gasteiger partial charge in [0, 0.05) is 19.0 Å². The Morgan fingerprint density at radius 1 is 0.646 bits per heavy atom. The maximum atomic E-state index is 13.3. The molecule has 0 saturated heterocycles. The summed E-state index contributed by atoms with van der Waals surface area (Å²) in [6.07, 6.45) is -0.464. The topological polar surface area (TPSA) is 149 Å². The molecule has 1 aliphatic rings. The Labute approximate surface area is 282 Å². The van der Waals surface area contributed by atoms with Gasteiger partial charge in [0.15, 0.2) is 0 Å². The van der Waals surface area contributed by atoms with Crippen LogP contribution < -0.4 is 0 Å². The molecule has 0 radical (unpaired) electrons. The number of hydrogen-bond donors (Lipinski definition) is 1. The molecule has 13 heteroatoms. The zero-order valence-electron chi connectivity index (χ0n) is 28.2. The van der Waals surface area contributed by atoms with Gasteiger partial charge in [-0.3, -0.25) is 0 Å². The first-order chi connectivity index (χ1) is 23.2. The van der Waals surface area contributed by atoms with Crippen molar-refractivity contribution in [1.29, 1.82) is 0 Å². The second-order valence-corrected chi connectivity index (χ2v) is 11.8. The van der Waals surface area contributed by atoms with Crippen LogP contribution in [-0.4, -0.2) is 133 Å². The molecule has 3 rings (SSSR count). The Morgan fingerprint density at radius 2 is 1.08 bits per heavy atom. The molecule has 2 aromatic rings. The summed E-state index contributed by atoms with van der Waals surface area (Å²) in [6.45, 7) is 8.40. The number of carbonyl (C=O) groups is 3. The molecule has 0 aromatic heterocycles. The third-order valence-electron chi connectivity index (χ3n) is 6.96. The van der Waals surface area contributed by atoms with E-state index in [9.17, 15) is 14.4 Å². The van der Waals surface area contributed by atoms with Crippen LogP contribution in [0.1, 0.15) is 37.8 Å². The molecule has 0 spiro atoms. The largest absolute Gasteiger partial charge is 0.480 e. The van der Waals surface area contributed by atoms with Gasteiger partial charge in [0.2, 0.25) is 0 Å². The summed E-state index contributed by atoms with van der Waals surface area (Å²) in [5.74, 6) is -1.51. The maximum Gasteiger partial charge on any atom is 0.409 e. The highest BCUT2D eigenvalue weighted by molar-refractivity contribution is 5.79. The summed E-state index contributed by atoms with van der Waals surface area (Å²) in [7, 11) is 0. The van der Waals surface area contributed by atoms with Crippen molar-refractivity contribution in [2.45, 2.75) is 32.3 Å². The Morgan fingerprint density at radius 3 is 1.56 bits per heavy atom. The van der Waals surface area contributed by atoms with Crippen molar-refractivity contribution < 1.29 is 57.4 Å². The lowest BCUT2D eigenvalue weighted by atomic mass is 9.98. The molecule has 0 bridgehead atoms. The molecule has 1 aliphatic carbocycles. The van der Waals surface area contributed by atoms with E-state index in [4.69, 9.17) is 43.0 Å². The maximum absolute atomic E-state index is 13.3. The van der Waals surface area contributed by atoms with Gasteiger partial charge in [-0.25, -0.2) is 14.4 Å². The van der Waals surface area contributed by atoms with Gasteiger partial charge in [0.05, 0.1) is 66.1 Å². The highest BCUT2D eigenvalue weighted by Crippen LogP contribution is 2.44.